The van der Waals surface area contributed by atoms with Crippen LogP contribution >= 0.6 is 0 Å². The van der Waals surface area contributed by atoms with Gasteiger partial charge in [0.05, 0.1) is 13.1 Å². The predicted octanol–water partition coefficient (Wildman–Crippen LogP) is 2.53. The summed E-state index contributed by atoms with van der Waals surface area (Å²) in [6.45, 7) is 4.86. The van der Waals surface area contributed by atoms with Crippen molar-refractivity contribution in [1.29, 1.82) is 5.26 Å². The molecule has 188 valence electrons. The minimum atomic E-state index is 0.444. The lowest BCUT2D eigenvalue weighted by molar-refractivity contribution is 0.102. The molecule has 0 saturated heterocycles. The van der Waals surface area contributed by atoms with Crippen LogP contribution in [-0.4, -0.2) is 70.3 Å². The van der Waals surface area contributed by atoms with E-state index in [2.05, 4.69) is 25.4 Å². The maximum absolute atomic E-state index is 8.89. The quantitative estimate of drug-likeness (QED) is 0.164. The molecule has 2 aromatic heterocycles. The molecule has 0 aromatic carbocycles. The molecule has 0 amide bonds. The van der Waals surface area contributed by atoms with Gasteiger partial charge in [-0.1, -0.05) is 0 Å². The molecule has 0 aliphatic carbocycles. The molecule has 34 heavy (non-hydrogen) atoms. The van der Waals surface area contributed by atoms with Gasteiger partial charge < -0.3 is 38.7 Å². The summed E-state index contributed by atoms with van der Waals surface area (Å²) in [7, 11) is 8.01. The number of ether oxygens (including phenoxy) is 2. The van der Waals surface area contributed by atoms with Gasteiger partial charge >= 0.3 is 0 Å². The summed E-state index contributed by atoms with van der Waals surface area (Å²) in [6.07, 6.45) is 3.37. The van der Waals surface area contributed by atoms with Gasteiger partial charge in [0.1, 0.15) is 36.3 Å². The zero-order valence-electron chi connectivity index (χ0n) is 20.8. The number of hydrogen-bond acceptors (Lipinski definition) is 8. The fraction of sp³-hybridized carbons (Fsp3) is 0.583. The smallest absolute Gasteiger partial charge is 0.209 e. The first-order chi connectivity index (χ1) is 16.5. The van der Waals surface area contributed by atoms with Gasteiger partial charge in [0, 0.05) is 26.3 Å². The molecule has 0 aliphatic heterocycles. The molecule has 0 fully saturated rings. The molecule has 0 atom stereocenters. The average molecular weight is 475 g/mol. The Bertz CT molecular complexity index is 822. The minimum absolute atomic E-state index is 0.444. The summed E-state index contributed by atoms with van der Waals surface area (Å²) in [5, 5.41) is 15.1. The number of guanidine groups is 1. The first-order valence-electron chi connectivity index (χ1n) is 11.5. The van der Waals surface area contributed by atoms with Crippen LogP contribution in [0.3, 0.4) is 0 Å². The van der Waals surface area contributed by atoms with Crippen molar-refractivity contribution in [3.63, 3.8) is 0 Å². The molecule has 2 N–H and O–H groups in total. The van der Waals surface area contributed by atoms with Crippen molar-refractivity contribution in [1.82, 2.24) is 20.4 Å². The summed E-state index contributed by atoms with van der Waals surface area (Å²) >= 11 is 0. The Kier molecular flexibility index (Phi) is 12.8. The third kappa shape index (κ3) is 11.9. The molecule has 0 spiro atoms. The number of nitrogens with one attached hydrogen (secondary N) is 2. The van der Waals surface area contributed by atoms with Crippen molar-refractivity contribution in [3.05, 3.63) is 47.3 Å². The first kappa shape index (κ1) is 27.4. The number of nitrogens with zero attached hydrogens (tertiary/aromatic N) is 4. The third-order valence-electron chi connectivity index (χ3n) is 4.54. The van der Waals surface area contributed by atoms with Crippen LogP contribution in [0.4, 0.5) is 0 Å². The number of nitriles is 1. The molecule has 2 rings (SSSR count). The van der Waals surface area contributed by atoms with Crippen LogP contribution in [0, 0.1) is 11.5 Å². The van der Waals surface area contributed by atoms with Crippen molar-refractivity contribution < 1.29 is 18.3 Å². The number of hydrogen-bond donors (Lipinski definition) is 2. The SMILES string of the molecule is CN(C)Cc1ccc(COCCCNC(=NC#N)NCCCOCc2ccc(CN(C)C)o2)o1. The van der Waals surface area contributed by atoms with Gasteiger partial charge in [0.25, 0.3) is 0 Å². The fourth-order valence-electron chi connectivity index (χ4n) is 3.09. The highest BCUT2D eigenvalue weighted by molar-refractivity contribution is 5.80. The van der Waals surface area contributed by atoms with E-state index in [4.69, 9.17) is 23.6 Å². The minimum Gasteiger partial charge on any atom is -0.462 e. The Morgan fingerprint density at radius 3 is 1.68 bits per heavy atom. The van der Waals surface area contributed by atoms with E-state index in [1.807, 2.05) is 58.6 Å². The van der Waals surface area contributed by atoms with Crippen LogP contribution in [0.15, 0.2) is 38.1 Å². The lowest BCUT2D eigenvalue weighted by atomic mass is 10.4. The van der Waals surface area contributed by atoms with E-state index < -0.39 is 0 Å². The van der Waals surface area contributed by atoms with Gasteiger partial charge in [-0.15, -0.1) is 4.99 Å². The van der Waals surface area contributed by atoms with Gasteiger partial charge in [-0.2, -0.15) is 5.26 Å². The van der Waals surface area contributed by atoms with E-state index in [-0.39, 0.29) is 0 Å². The van der Waals surface area contributed by atoms with Crippen LogP contribution in [0.25, 0.3) is 0 Å². The fourth-order valence-corrected chi connectivity index (χ4v) is 3.09. The zero-order chi connectivity index (χ0) is 24.6. The van der Waals surface area contributed by atoms with Crippen LogP contribution in [0.5, 0.6) is 0 Å². The summed E-state index contributed by atoms with van der Waals surface area (Å²) in [5.41, 5.74) is 0. The molecule has 0 saturated carbocycles. The Morgan fingerprint density at radius 1 is 0.824 bits per heavy atom. The topological polar surface area (TPSA) is 111 Å². The number of furan rings is 2. The summed E-state index contributed by atoms with van der Waals surface area (Å²) in [6, 6.07) is 7.83. The van der Waals surface area contributed by atoms with Crippen molar-refractivity contribution in [2.75, 3.05) is 54.5 Å². The van der Waals surface area contributed by atoms with Crippen molar-refractivity contribution in [2.45, 2.75) is 39.1 Å². The highest BCUT2D eigenvalue weighted by Gasteiger charge is 2.05. The van der Waals surface area contributed by atoms with E-state index in [9.17, 15) is 0 Å². The first-order valence-corrected chi connectivity index (χ1v) is 11.5. The number of rotatable bonds is 16. The van der Waals surface area contributed by atoms with E-state index >= 15 is 0 Å². The van der Waals surface area contributed by atoms with Crippen LogP contribution in [0.1, 0.15) is 35.9 Å². The Hall–Kier alpha value is -2.84. The normalized spacial score (nSPS) is 11.1. The Morgan fingerprint density at radius 2 is 1.26 bits per heavy atom. The summed E-state index contributed by atoms with van der Waals surface area (Å²) in [5.74, 6) is 3.95. The number of aliphatic imine (C=N–C) groups is 1. The Balaban J connectivity index is 1.51. The lowest BCUT2D eigenvalue weighted by Gasteiger charge is -2.11. The van der Waals surface area contributed by atoms with Gasteiger partial charge in [-0.25, -0.2) is 0 Å². The van der Waals surface area contributed by atoms with Gasteiger partial charge in [-0.05, 0) is 65.3 Å². The highest BCUT2D eigenvalue weighted by atomic mass is 16.5. The van der Waals surface area contributed by atoms with Gasteiger partial charge in [0.2, 0.25) is 12.2 Å². The van der Waals surface area contributed by atoms with Crippen molar-refractivity contribution in [3.8, 4) is 6.19 Å². The molecule has 2 heterocycles. The largest absolute Gasteiger partial charge is 0.462 e. The van der Waals surface area contributed by atoms with Gasteiger partial charge in [0.15, 0.2) is 0 Å². The van der Waals surface area contributed by atoms with Crippen LogP contribution < -0.4 is 10.6 Å². The molecule has 0 radical (unpaired) electrons. The van der Waals surface area contributed by atoms with E-state index in [1.54, 1.807) is 0 Å². The molecule has 10 heteroatoms. The molecule has 0 aliphatic rings. The highest BCUT2D eigenvalue weighted by Crippen LogP contribution is 2.11. The van der Waals surface area contributed by atoms with Gasteiger partial charge in [-0.3, -0.25) is 0 Å². The second-order valence-corrected chi connectivity index (χ2v) is 8.44. The average Bonchev–Trinajstić information content (AvgIpc) is 3.41. The molecule has 2 aromatic rings. The van der Waals surface area contributed by atoms with Crippen LogP contribution in [-0.2, 0) is 35.8 Å². The molecule has 10 nitrogen and oxygen atoms in total. The predicted molar refractivity (Wildman–Crippen MR) is 130 cm³/mol. The molecule has 0 bridgehead atoms. The zero-order valence-corrected chi connectivity index (χ0v) is 20.8. The van der Waals surface area contributed by atoms with E-state index in [0.717, 1.165) is 49.0 Å². The molecular weight excluding hydrogens is 436 g/mol. The summed E-state index contributed by atoms with van der Waals surface area (Å²) in [4.78, 5) is 7.90. The van der Waals surface area contributed by atoms with Crippen LogP contribution in [0.2, 0.25) is 0 Å². The standard InChI is InChI=1S/C24H38N6O4/c1-29(2)15-20-7-9-22(33-20)17-31-13-5-11-26-24(28-19-25)27-12-6-14-32-18-23-10-8-21(34-23)16-30(3)4/h7-10H,5-6,11-18H2,1-4H3,(H2,26,27,28). The second kappa shape index (κ2) is 15.9. The second-order valence-electron chi connectivity index (χ2n) is 8.44. The monoisotopic (exact) mass is 474 g/mol. The maximum Gasteiger partial charge on any atom is 0.209 e. The summed E-state index contributed by atoms with van der Waals surface area (Å²) < 4.78 is 22.8. The van der Waals surface area contributed by atoms with E-state index in [1.165, 1.54) is 0 Å². The lowest BCUT2D eigenvalue weighted by Crippen LogP contribution is -2.38. The molecule has 0 unspecified atom stereocenters. The third-order valence-corrected chi connectivity index (χ3v) is 4.54. The van der Waals surface area contributed by atoms with Crippen molar-refractivity contribution in [2.24, 2.45) is 4.99 Å². The molecular formula is C24H38N6O4. The maximum atomic E-state index is 8.89. The van der Waals surface area contributed by atoms with Crippen molar-refractivity contribution >= 4 is 5.96 Å². The van der Waals surface area contributed by atoms with E-state index in [0.29, 0.717) is 45.5 Å². The Labute approximate surface area is 202 Å².